The topological polar surface area (TPSA) is 67.2 Å². The number of anilines is 1. The monoisotopic (exact) mass is 508 g/mol. The van der Waals surface area contributed by atoms with Crippen LogP contribution in [0.2, 0.25) is 0 Å². The van der Waals surface area contributed by atoms with Gasteiger partial charge in [0, 0.05) is 23.1 Å². The zero-order valence-electron chi connectivity index (χ0n) is 21.5. The molecule has 1 N–H and O–H groups in total. The summed E-state index contributed by atoms with van der Waals surface area (Å²) in [5, 5.41) is 7.47. The number of nitrogens with zero attached hydrogens (tertiary/aromatic N) is 3. The van der Waals surface area contributed by atoms with Crippen molar-refractivity contribution in [2.24, 2.45) is 0 Å². The molecule has 1 aromatic heterocycles. The van der Waals surface area contributed by atoms with E-state index in [1.165, 1.54) is 22.7 Å². The Balaban J connectivity index is 2.03. The number of hydrogen-bond donors (Lipinski definition) is 1. The van der Waals surface area contributed by atoms with E-state index in [4.69, 9.17) is 5.10 Å². The van der Waals surface area contributed by atoms with Gasteiger partial charge in [0.25, 0.3) is 0 Å². The molecular weight excluding hydrogens is 475 g/mol. The minimum Gasteiger partial charge on any atom is -0.355 e. The number of aromatic nitrogens is 2. The average molecular weight is 509 g/mol. The third kappa shape index (κ3) is 5.05. The van der Waals surface area contributed by atoms with E-state index in [1.807, 2.05) is 44.2 Å². The Bertz CT molecular complexity index is 1280. The highest BCUT2D eigenvalue weighted by molar-refractivity contribution is 8.00. The highest BCUT2D eigenvalue weighted by Crippen LogP contribution is 2.49. The van der Waals surface area contributed by atoms with Crippen molar-refractivity contribution < 1.29 is 14.0 Å². The highest BCUT2D eigenvalue weighted by atomic mass is 32.2. The van der Waals surface area contributed by atoms with E-state index in [2.05, 4.69) is 26.1 Å². The van der Waals surface area contributed by atoms with Crippen LogP contribution in [0, 0.1) is 12.7 Å². The number of carbonyl (C=O) groups is 2. The summed E-state index contributed by atoms with van der Waals surface area (Å²) in [6, 6.07) is 14.5. The van der Waals surface area contributed by atoms with Crippen molar-refractivity contribution in [3.05, 3.63) is 76.7 Å². The molecule has 2 aromatic carbocycles. The molecule has 6 nitrogen and oxygen atoms in total. The number of para-hydroxylation sites is 1. The molecule has 3 aromatic rings. The van der Waals surface area contributed by atoms with E-state index in [0.29, 0.717) is 17.9 Å². The van der Waals surface area contributed by atoms with Crippen molar-refractivity contribution >= 4 is 29.4 Å². The molecular formula is C28H33FN4O2S. The number of thioether (sulfide) groups is 1. The molecule has 0 saturated heterocycles. The van der Waals surface area contributed by atoms with E-state index >= 15 is 4.39 Å². The van der Waals surface area contributed by atoms with Gasteiger partial charge in [-0.25, -0.2) is 9.07 Å². The van der Waals surface area contributed by atoms with Gasteiger partial charge < -0.3 is 5.32 Å². The summed E-state index contributed by atoms with van der Waals surface area (Å²) in [4.78, 5) is 28.0. The van der Waals surface area contributed by atoms with Crippen LogP contribution >= 0.6 is 11.8 Å². The van der Waals surface area contributed by atoms with Crippen molar-refractivity contribution in [2.45, 2.75) is 51.7 Å². The fourth-order valence-electron chi connectivity index (χ4n) is 4.44. The summed E-state index contributed by atoms with van der Waals surface area (Å²) in [7, 11) is 0. The van der Waals surface area contributed by atoms with Gasteiger partial charge in [0.05, 0.1) is 22.4 Å². The third-order valence-corrected chi connectivity index (χ3v) is 7.44. The molecule has 1 atom stereocenters. The lowest BCUT2D eigenvalue weighted by molar-refractivity contribution is -0.122. The summed E-state index contributed by atoms with van der Waals surface area (Å²) in [5.74, 6) is -0.121. The first-order chi connectivity index (χ1) is 17.1. The maximum atomic E-state index is 15.2. The number of fused-ring (bicyclic) bond motifs is 1. The van der Waals surface area contributed by atoms with Crippen molar-refractivity contribution in [2.75, 3.05) is 23.7 Å². The van der Waals surface area contributed by atoms with Gasteiger partial charge in [-0.3, -0.25) is 14.5 Å². The van der Waals surface area contributed by atoms with Crippen LogP contribution < -0.4 is 10.2 Å². The van der Waals surface area contributed by atoms with Crippen LogP contribution in [0.3, 0.4) is 0 Å². The Hall–Kier alpha value is -3.13. The second-order valence-electron chi connectivity index (χ2n) is 10.1. The van der Waals surface area contributed by atoms with Gasteiger partial charge in [-0.2, -0.15) is 5.10 Å². The second kappa shape index (κ2) is 10.5. The Morgan fingerprint density at radius 1 is 1.17 bits per heavy atom. The molecule has 190 valence electrons. The Labute approximate surface area is 216 Å². The smallest absolute Gasteiger partial charge is 0.240 e. The second-order valence-corrected chi connectivity index (χ2v) is 11.2. The first-order valence-corrected chi connectivity index (χ1v) is 13.3. The van der Waals surface area contributed by atoms with Crippen LogP contribution in [0.4, 0.5) is 10.2 Å². The number of benzene rings is 2. The first-order valence-electron chi connectivity index (χ1n) is 12.3. The molecule has 1 aliphatic heterocycles. The van der Waals surface area contributed by atoms with Gasteiger partial charge in [-0.15, -0.1) is 11.8 Å². The quantitative estimate of drug-likeness (QED) is 0.490. The van der Waals surface area contributed by atoms with Crippen molar-refractivity contribution in [3.63, 3.8) is 0 Å². The molecule has 0 unspecified atom stereocenters. The van der Waals surface area contributed by atoms with Crippen LogP contribution in [0.1, 0.15) is 61.7 Å². The Morgan fingerprint density at radius 3 is 2.53 bits per heavy atom. The number of halogens is 1. The van der Waals surface area contributed by atoms with Gasteiger partial charge in [-0.1, -0.05) is 64.1 Å². The lowest BCUT2D eigenvalue weighted by Gasteiger charge is -2.25. The van der Waals surface area contributed by atoms with Crippen LogP contribution in [0.5, 0.6) is 0 Å². The maximum Gasteiger partial charge on any atom is 0.240 e. The van der Waals surface area contributed by atoms with Crippen LogP contribution in [-0.2, 0) is 15.0 Å². The molecule has 1 aliphatic rings. The van der Waals surface area contributed by atoms with Gasteiger partial charge in [0.15, 0.2) is 0 Å². The van der Waals surface area contributed by atoms with Gasteiger partial charge in [0.2, 0.25) is 11.8 Å². The number of hydrogen-bond acceptors (Lipinski definition) is 4. The number of carbonyl (C=O) groups excluding carboxylic acids is 2. The largest absolute Gasteiger partial charge is 0.355 e. The fourth-order valence-corrected chi connectivity index (χ4v) is 5.66. The van der Waals surface area contributed by atoms with Crippen molar-refractivity contribution in [1.82, 2.24) is 15.1 Å². The van der Waals surface area contributed by atoms with Gasteiger partial charge in [-0.05, 0) is 31.0 Å². The van der Waals surface area contributed by atoms with E-state index < -0.39 is 10.7 Å². The standard InChI is InChI=1S/C28H33FN4O2S/c1-6-15-30-22(34)16-32-23(35)17-36-25(19-12-8-9-13-20(19)29)24-26(28(3,4)5)31-33(27(24)32)21-14-10-7-11-18(21)2/h7-14,25H,6,15-17H2,1-5H3,(H,30,34)/t25-/m0/s1. The van der Waals surface area contributed by atoms with E-state index in [-0.39, 0.29) is 29.9 Å². The summed E-state index contributed by atoms with van der Waals surface area (Å²) < 4.78 is 16.9. The zero-order chi connectivity index (χ0) is 26.0. The van der Waals surface area contributed by atoms with Crippen LogP contribution in [-0.4, -0.2) is 40.4 Å². The number of amides is 2. The van der Waals surface area contributed by atoms with Gasteiger partial charge >= 0.3 is 0 Å². The maximum absolute atomic E-state index is 15.2. The van der Waals surface area contributed by atoms with E-state index in [9.17, 15) is 9.59 Å². The Morgan fingerprint density at radius 2 is 1.86 bits per heavy atom. The predicted octanol–water partition coefficient (Wildman–Crippen LogP) is 5.31. The van der Waals surface area contributed by atoms with Crippen LogP contribution in [0.15, 0.2) is 48.5 Å². The average Bonchev–Trinajstić information content (AvgIpc) is 3.17. The molecule has 36 heavy (non-hydrogen) atoms. The van der Waals surface area contributed by atoms with Crippen molar-refractivity contribution in [3.8, 4) is 5.69 Å². The lowest BCUT2D eigenvalue weighted by Crippen LogP contribution is -2.42. The van der Waals surface area contributed by atoms with Crippen LogP contribution in [0.25, 0.3) is 5.69 Å². The van der Waals surface area contributed by atoms with Crippen molar-refractivity contribution in [1.29, 1.82) is 0 Å². The predicted molar refractivity (Wildman–Crippen MR) is 143 cm³/mol. The summed E-state index contributed by atoms with van der Waals surface area (Å²) in [5.41, 5.74) is 3.44. The molecule has 0 spiro atoms. The fraction of sp³-hybridized carbons (Fsp3) is 0.393. The molecule has 0 aliphatic carbocycles. The highest BCUT2D eigenvalue weighted by Gasteiger charge is 2.40. The molecule has 2 heterocycles. The van der Waals surface area contributed by atoms with Gasteiger partial charge in [0.1, 0.15) is 18.2 Å². The summed E-state index contributed by atoms with van der Waals surface area (Å²) in [6.07, 6.45) is 0.797. The summed E-state index contributed by atoms with van der Waals surface area (Å²) in [6.45, 7) is 10.6. The molecule has 0 saturated carbocycles. The SMILES string of the molecule is CCCNC(=O)CN1C(=O)CS[C@@H](c2ccccc2F)c2c(C(C)(C)C)nn(-c3ccccc3C)c21. The number of aryl methyl sites for hydroxylation is 1. The van der Waals surface area contributed by atoms with E-state index in [1.54, 1.807) is 16.8 Å². The molecule has 8 heteroatoms. The first kappa shape index (κ1) is 25.9. The molecule has 0 radical (unpaired) electrons. The number of rotatable bonds is 6. The lowest BCUT2D eigenvalue weighted by atomic mass is 9.87. The zero-order valence-corrected chi connectivity index (χ0v) is 22.3. The minimum atomic E-state index is -0.458. The summed E-state index contributed by atoms with van der Waals surface area (Å²) >= 11 is 1.38. The van der Waals surface area contributed by atoms with E-state index in [0.717, 1.165) is 28.9 Å². The molecule has 0 bridgehead atoms. The normalized spacial score (nSPS) is 16.0. The molecule has 2 amide bonds. The third-order valence-electron chi connectivity index (χ3n) is 6.20. The minimum absolute atomic E-state index is 0.117. The number of nitrogens with one attached hydrogen (secondary N) is 1. The molecule has 4 rings (SSSR count). The Kier molecular flexibility index (Phi) is 7.54. The molecule has 0 fully saturated rings.